The van der Waals surface area contributed by atoms with Crippen molar-refractivity contribution in [3.05, 3.63) is 78.9 Å². The SMILES string of the molecule is OP(O)c1ccc2ccc3c(-c4ccccc4)ccc4ccc1c2c43. The lowest BCUT2D eigenvalue weighted by molar-refractivity contribution is 0.497. The van der Waals surface area contributed by atoms with Gasteiger partial charge in [0.25, 0.3) is 0 Å². The number of rotatable bonds is 2. The summed E-state index contributed by atoms with van der Waals surface area (Å²) in [6, 6.07) is 26.9. The van der Waals surface area contributed by atoms with Gasteiger partial charge in [-0.3, -0.25) is 0 Å². The van der Waals surface area contributed by atoms with Crippen LogP contribution in [0, 0.1) is 0 Å². The third-order valence-electron chi connectivity index (χ3n) is 4.94. The molecule has 0 spiro atoms. The molecule has 0 aliphatic rings. The maximum Gasteiger partial charge on any atom is 0.200 e. The summed E-state index contributed by atoms with van der Waals surface area (Å²) >= 11 is 0. The lowest BCUT2D eigenvalue weighted by atomic mass is 9.90. The molecule has 0 amide bonds. The molecule has 120 valence electrons. The molecular formula is C22H15O2P. The van der Waals surface area contributed by atoms with E-state index in [4.69, 9.17) is 0 Å². The van der Waals surface area contributed by atoms with Crippen molar-refractivity contribution in [1.82, 2.24) is 0 Å². The molecule has 0 saturated carbocycles. The average molecular weight is 342 g/mol. The highest BCUT2D eigenvalue weighted by Gasteiger charge is 2.16. The lowest BCUT2D eigenvalue weighted by Gasteiger charge is -2.16. The van der Waals surface area contributed by atoms with Gasteiger partial charge in [0.05, 0.1) is 0 Å². The molecule has 0 atom stereocenters. The molecule has 0 radical (unpaired) electrons. The highest BCUT2D eigenvalue weighted by atomic mass is 31.2. The van der Waals surface area contributed by atoms with Gasteiger partial charge in [0, 0.05) is 5.30 Å². The Balaban J connectivity index is 1.98. The van der Waals surface area contributed by atoms with E-state index in [0.29, 0.717) is 5.30 Å². The number of benzene rings is 5. The first kappa shape index (κ1) is 14.8. The first-order chi connectivity index (χ1) is 12.2. The molecule has 25 heavy (non-hydrogen) atoms. The van der Waals surface area contributed by atoms with E-state index in [-0.39, 0.29) is 0 Å². The van der Waals surface area contributed by atoms with Crippen LogP contribution in [0.3, 0.4) is 0 Å². The van der Waals surface area contributed by atoms with E-state index in [0.717, 1.165) is 16.2 Å². The first-order valence-corrected chi connectivity index (χ1v) is 9.42. The second kappa shape index (κ2) is 5.50. The molecule has 0 bridgehead atoms. The fourth-order valence-electron chi connectivity index (χ4n) is 3.83. The molecule has 2 nitrogen and oxygen atoms in total. The molecular weight excluding hydrogens is 327 g/mol. The Morgan fingerprint density at radius 1 is 0.560 bits per heavy atom. The molecule has 0 aliphatic carbocycles. The van der Waals surface area contributed by atoms with Crippen molar-refractivity contribution < 1.29 is 9.79 Å². The van der Waals surface area contributed by atoms with Gasteiger partial charge >= 0.3 is 0 Å². The topological polar surface area (TPSA) is 40.5 Å². The van der Waals surface area contributed by atoms with Gasteiger partial charge in [0.1, 0.15) is 0 Å². The van der Waals surface area contributed by atoms with Crippen LogP contribution in [-0.4, -0.2) is 9.79 Å². The van der Waals surface area contributed by atoms with E-state index in [1.54, 1.807) is 0 Å². The van der Waals surface area contributed by atoms with Crippen molar-refractivity contribution in [2.24, 2.45) is 0 Å². The normalized spacial score (nSPS) is 12.0. The second-order valence-electron chi connectivity index (χ2n) is 6.28. The molecule has 0 saturated heterocycles. The molecule has 0 heterocycles. The predicted molar refractivity (Wildman–Crippen MR) is 107 cm³/mol. The van der Waals surface area contributed by atoms with E-state index >= 15 is 0 Å². The van der Waals surface area contributed by atoms with Crippen LogP contribution in [0.2, 0.25) is 0 Å². The van der Waals surface area contributed by atoms with Crippen LogP contribution in [0.4, 0.5) is 0 Å². The lowest BCUT2D eigenvalue weighted by Crippen LogP contribution is -2.02. The fourth-order valence-corrected chi connectivity index (χ4v) is 4.44. The summed E-state index contributed by atoms with van der Waals surface area (Å²) in [5.41, 5.74) is 2.38. The molecule has 2 N–H and O–H groups in total. The summed E-state index contributed by atoms with van der Waals surface area (Å²) in [4.78, 5) is 19.6. The highest BCUT2D eigenvalue weighted by molar-refractivity contribution is 7.54. The minimum absolute atomic E-state index is 0.613. The van der Waals surface area contributed by atoms with Gasteiger partial charge in [-0.15, -0.1) is 0 Å². The van der Waals surface area contributed by atoms with Crippen LogP contribution >= 0.6 is 8.38 Å². The van der Waals surface area contributed by atoms with Crippen molar-refractivity contribution in [1.29, 1.82) is 0 Å². The van der Waals surface area contributed by atoms with Crippen molar-refractivity contribution in [3.63, 3.8) is 0 Å². The van der Waals surface area contributed by atoms with E-state index in [2.05, 4.69) is 54.6 Å². The van der Waals surface area contributed by atoms with E-state index < -0.39 is 8.38 Å². The Hall–Kier alpha value is -2.51. The van der Waals surface area contributed by atoms with Gasteiger partial charge in [-0.1, -0.05) is 72.8 Å². The van der Waals surface area contributed by atoms with Crippen molar-refractivity contribution in [3.8, 4) is 11.1 Å². The van der Waals surface area contributed by atoms with Gasteiger partial charge in [-0.25, -0.2) is 0 Å². The Morgan fingerprint density at radius 3 is 1.88 bits per heavy atom. The van der Waals surface area contributed by atoms with Crippen molar-refractivity contribution in [2.45, 2.75) is 0 Å². The monoisotopic (exact) mass is 342 g/mol. The van der Waals surface area contributed by atoms with Crippen molar-refractivity contribution in [2.75, 3.05) is 0 Å². The highest BCUT2D eigenvalue weighted by Crippen LogP contribution is 2.40. The maximum atomic E-state index is 9.81. The Kier molecular flexibility index (Phi) is 3.26. The predicted octanol–water partition coefficient (Wildman–Crippen LogP) is 5.17. The first-order valence-electron chi connectivity index (χ1n) is 8.18. The average Bonchev–Trinajstić information content (AvgIpc) is 2.66. The molecule has 0 unspecified atom stereocenters. The third kappa shape index (κ3) is 2.16. The van der Waals surface area contributed by atoms with Crippen LogP contribution in [-0.2, 0) is 0 Å². The van der Waals surface area contributed by atoms with Crippen molar-refractivity contribution >= 4 is 46.0 Å². The smallest absolute Gasteiger partial charge is 0.200 e. The van der Waals surface area contributed by atoms with Gasteiger partial charge in [0.2, 0.25) is 0 Å². The summed E-state index contributed by atoms with van der Waals surface area (Å²) in [5, 5.41) is 7.33. The zero-order valence-corrected chi connectivity index (χ0v) is 14.2. The van der Waals surface area contributed by atoms with Crippen LogP contribution < -0.4 is 5.30 Å². The van der Waals surface area contributed by atoms with E-state index in [1.807, 2.05) is 24.3 Å². The van der Waals surface area contributed by atoms with Gasteiger partial charge in [-0.2, -0.15) is 0 Å². The van der Waals surface area contributed by atoms with Gasteiger partial charge in [-0.05, 0) is 49.5 Å². The summed E-state index contributed by atoms with van der Waals surface area (Å²) in [7, 11) is -2.12. The summed E-state index contributed by atoms with van der Waals surface area (Å²) < 4.78 is 0. The van der Waals surface area contributed by atoms with Gasteiger partial charge in [0.15, 0.2) is 8.38 Å². The zero-order chi connectivity index (χ0) is 17.0. The molecule has 5 rings (SSSR count). The standard InChI is InChI=1S/C22H15O2P/c23-25(24)20-13-9-16-7-11-18-17(14-4-2-1-3-5-14)10-6-15-8-12-19(20)22(16)21(15)18/h1-13,23-24H. The Labute approximate surface area is 146 Å². The van der Waals surface area contributed by atoms with Crippen LogP contribution in [0.25, 0.3) is 43.4 Å². The van der Waals surface area contributed by atoms with Crippen LogP contribution in [0.1, 0.15) is 0 Å². The minimum atomic E-state index is -2.12. The fraction of sp³-hybridized carbons (Fsp3) is 0. The van der Waals surface area contributed by atoms with Crippen LogP contribution in [0.15, 0.2) is 78.9 Å². The van der Waals surface area contributed by atoms with E-state index in [9.17, 15) is 9.79 Å². The Morgan fingerprint density at radius 2 is 1.16 bits per heavy atom. The minimum Gasteiger partial charge on any atom is -0.347 e. The Bertz CT molecular complexity index is 1210. The molecule has 5 aromatic carbocycles. The summed E-state index contributed by atoms with van der Waals surface area (Å²) in [5.74, 6) is 0. The maximum absolute atomic E-state index is 9.81. The zero-order valence-electron chi connectivity index (χ0n) is 13.3. The molecule has 5 aromatic rings. The molecule has 0 fully saturated rings. The van der Waals surface area contributed by atoms with Crippen LogP contribution in [0.5, 0.6) is 0 Å². The quantitative estimate of drug-likeness (QED) is 0.343. The molecule has 0 aromatic heterocycles. The number of hydrogen-bond donors (Lipinski definition) is 2. The largest absolute Gasteiger partial charge is 0.347 e. The summed E-state index contributed by atoms with van der Waals surface area (Å²) in [6.07, 6.45) is 0. The van der Waals surface area contributed by atoms with E-state index in [1.165, 1.54) is 27.3 Å². The summed E-state index contributed by atoms with van der Waals surface area (Å²) in [6.45, 7) is 0. The third-order valence-corrected chi connectivity index (χ3v) is 5.76. The molecule has 0 aliphatic heterocycles. The molecule has 3 heteroatoms. The number of hydrogen-bond acceptors (Lipinski definition) is 2. The van der Waals surface area contributed by atoms with Gasteiger partial charge < -0.3 is 9.79 Å². The second-order valence-corrected chi connectivity index (χ2v) is 7.34.